The summed E-state index contributed by atoms with van der Waals surface area (Å²) in [5, 5.41) is 0.604. The minimum atomic E-state index is 0.263. The van der Waals surface area contributed by atoms with Crippen molar-refractivity contribution in [3.05, 3.63) is 59.9 Å². The predicted molar refractivity (Wildman–Crippen MR) is 90.0 cm³/mol. The first-order valence-corrected chi connectivity index (χ1v) is 7.24. The Bertz CT molecular complexity index is 840. The fraction of sp³-hybridized carbons (Fsp3) is 0.0588. The average Bonchev–Trinajstić information content (AvgIpc) is 2.57. The van der Waals surface area contributed by atoms with Gasteiger partial charge in [0.25, 0.3) is 0 Å². The molecule has 2 N–H and O–H groups in total. The molecule has 5 nitrogen and oxygen atoms in total. The van der Waals surface area contributed by atoms with E-state index in [0.717, 1.165) is 5.56 Å². The van der Waals surface area contributed by atoms with Crippen LogP contribution in [0.2, 0.25) is 5.02 Å². The maximum absolute atomic E-state index is 6.17. The minimum Gasteiger partial charge on any atom is -0.493 e. The Morgan fingerprint density at radius 2 is 1.78 bits per heavy atom. The van der Waals surface area contributed by atoms with Crippen LogP contribution in [0.3, 0.4) is 0 Å². The van der Waals surface area contributed by atoms with Gasteiger partial charge in [0.15, 0.2) is 11.5 Å². The lowest BCUT2D eigenvalue weighted by molar-refractivity contribution is 0.374. The Morgan fingerprint density at radius 1 is 1.00 bits per heavy atom. The van der Waals surface area contributed by atoms with Crippen molar-refractivity contribution in [3.63, 3.8) is 0 Å². The van der Waals surface area contributed by atoms with E-state index in [0.29, 0.717) is 27.9 Å². The fourth-order valence-electron chi connectivity index (χ4n) is 2.13. The summed E-state index contributed by atoms with van der Waals surface area (Å²) < 4.78 is 11.1. The second-order valence-electron chi connectivity index (χ2n) is 4.70. The molecular formula is C17H14ClN3O2. The third-order valence-electron chi connectivity index (χ3n) is 3.22. The van der Waals surface area contributed by atoms with Gasteiger partial charge >= 0.3 is 0 Å². The molecule has 23 heavy (non-hydrogen) atoms. The van der Waals surface area contributed by atoms with E-state index in [2.05, 4.69) is 9.97 Å². The van der Waals surface area contributed by atoms with Crippen molar-refractivity contribution < 1.29 is 9.47 Å². The van der Waals surface area contributed by atoms with E-state index in [9.17, 15) is 0 Å². The fourth-order valence-corrected chi connectivity index (χ4v) is 2.32. The van der Waals surface area contributed by atoms with Crippen LogP contribution >= 0.6 is 11.6 Å². The zero-order valence-electron chi connectivity index (χ0n) is 12.4. The second-order valence-corrected chi connectivity index (χ2v) is 5.14. The van der Waals surface area contributed by atoms with Gasteiger partial charge < -0.3 is 15.2 Å². The van der Waals surface area contributed by atoms with E-state index in [1.807, 2.05) is 24.3 Å². The first kappa shape index (κ1) is 15.1. The number of anilines is 1. The summed E-state index contributed by atoms with van der Waals surface area (Å²) in [6, 6.07) is 14.5. The van der Waals surface area contributed by atoms with Gasteiger partial charge in [-0.3, -0.25) is 0 Å². The highest BCUT2D eigenvalue weighted by molar-refractivity contribution is 6.30. The number of aromatic nitrogens is 2. The molecule has 116 valence electrons. The molecule has 0 aliphatic heterocycles. The number of hydrogen-bond donors (Lipinski definition) is 1. The molecule has 0 aliphatic rings. The number of ether oxygens (including phenoxy) is 2. The summed E-state index contributed by atoms with van der Waals surface area (Å²) in [7, 11) is 1.57. The average molecular weight is 328 g/mol. The van der Waals surface area contributed by atoms with Gasteiger partial charge in [-0.05, 0) is 24.3 Å². The highest BCUT2D eigenvalue weighted by Crippen LogP contribution is 2.36. The minimum absolute atomic E-state index is 0.263. The molecule has 6 heteroatoms. The van der Waals surface area contributed by atoms with Gasteiger partial charge in [-0.1, -0.05) is 35.9 Å². The maximum Gasteiger partial charge on any atom is 0.246 e. The van der Waals surface area contributed by atoms with Gasteiger partial charge in [-0.25, -0.2) is 4.98 Å². The lowest BCUT2D eigenvalue weighted by Gasteiger charge is -2.12. The third-order valence-corrected chi connectivity index (χ3v) is 3.46. The van der Waals surface area contributed by atoms with Crippen LogP contribution in [0.5, 0.6) is 17.4 Å². The third kappa shape index (κ3) is 3.19. The zero-order chi connectivity index (χ0) is 16.2. The summed E-state index contributed by atoms with van der Waals surface area (Å²) in [5.74, 6) is 1.38. The van der Waals surface area contributed by atoms with Crippen LogP contribution in [0.1, 0.15) is 0 Å². The summed E-state index contributed by atoms with van der Waals surface area (Å²) in [6.45, 7) is 0. The van der Waals surface area contributed by atoms with Crippen LogP contribution in [0, 0.1) is 0 Å². The molecule has 2 aromatic carbocycles. The smallest absolute Gasteiger partial charge is 0.246 e. The number of methoxy groups -OCH3 is 1. The van der Waals surface area contributed by atoms with Crippen LogP contribution in [0.15, 0.2) is 54.9 Å². The summed E-state index contributed by atoms with van der Waals surface area (Å²) in [6.07, 6.45) is 1.40. The number of nitrogen functional groups attached to an aromatic ring is 1. The molecule has 0 unspecified atom stereocenters. The first-order chi connectivity index (χ1) is 11.2. The van der Waals surface area contributed by atoms with E-state index < -0.39 is 0 Å². The van der Waals surface area contributed by atoms with Crippen LogP contribution in [0.25, 0.3) is 11.3 Å². The molecule has 3 aromatic rings. The van der Waals surface area contributed by atoms with Gasteiger partial charge in [0.2, 0.25) is 5.88 Å². The van der Waals surface area contributed by atoms with Crippen LogP contribution in [-0.4, -0.2) is 17.1 Å². The molecule has 0 atom stereocenters. The van der Waals surface area contributed by atoms with Crippen LogP contribution in [-0.2, 0) is 0 Å². The van der Waals surface area contributed by atoms with Crippen LogP contribution < -0.4 is 15.2 Å². The Morgan fingerprint density at radius 3 is 2.52 bits per heavy atom. The lowest BCUT2D eigenvalue weighted by atomic mass is 10.1. The molecular weight excluding hydrogens is 314 g/mol. The van der Waals surface area contributed by atoms with Crippen molar-refractivity contribution in [2.75, 3.05) is 12.8 Å². The van der Waals surface area contributed by atoms with E-state index in [1.165, 1.54) is 6.33 Å². The molecule has 0 spiro atoms. The highest BCUT2D eigenvalue weighted by Gasteiger charge is 2.14. The highest BCUT2D eigenvalue weighted by atomic mass is 35.5. The number of halogens is 1. The molecule has 0 fully saturated rings. The molecule has 0 saturated heterocycles. The van der Waals surface area contributed by atoms with Crippen LogP contribution in [0.4, 0.5) is 5.69 Å². The Hall–Kier alpha value is -2.79. The summed E-state index contributed by atoms with van der Waals surface area (Å²) >= 11 is 6.02. The quantitative estimate of drug-likeness (QED) is 0.778. The van der Waals surface area contributed by atoms with Gasteiger partial charge in [-0.15, -0.1) is 0 Å². The Labute approximate surface area is 138 Å². The van der Waals surface area contributed by atoms with Gasteiger partial charge in [0, 0.05) is 10.6 Å². The van der Waals surface area contributed by atoms with Crippen molar-refractivity contribution in [2.45, 2.75) is 0 Å². The summed E-state index contributed by atoms with van der Waals surface area (Å²) in [5.41, 5.74) is 7.86. The van der Waals surface area contributed by atoms with E-state index in [4.69, 9.17) is 26.8 Å². The van der Waals surface area contributed by atoms with Crippen molar-refractivity contribution >= 4 is 17.3 Å². The molecule has 0 amide bonds. The SMILES string of the molecule is COc1ccccc1Oc1ncnc(-c2cccc(Cl)c2)c1N. The van der Waals surface area contributed by atoms with Crippen molar-refractivity contribution in [3.8, 4) is 28.6 Å². The standard InChI is InChI=1S/C17H14ClN3O2/c1-22-13-7-2-3-8-14(13)23-17-15(19)16(20-10-21-17)11-5-4-6-12(18)9-11/h2-10H,19H2,1H3. The topological polar surface area (TPSA) is 70.3 Å². The lowest BCUT2D eigenvalue weighted by Crippen LogP contribution is -2.00. The van der Waals surface area contributed by atoms with E-state index in [1.54, 1.807) is 31.4 Å². The number of rotatable bonds is 4. The molecule has 1 aromatic heterocycles. The molecule has 1 heterocycles. The second kappa shape index (κ2) is 6.54. The maximum atomic E-state index is 6.17. The van der Waals surface area contributed by atoms with Crippen molar-refractivity contribution in [1.82, 2.24) is 9.97 Å². The monoisotopic (exact) mass is 327 g/mol. The number of nitrogens with two attached hydrogens (primary N) is 1. The largest absolute Gasteiger partial charge is 0.493 e. The Kier molecular flexibility index (Phi) is 4.30. The van der Waals surface area contributed by atoms with Gasteiger partial charge in [0.05, 0.1) is 7.11 Å². The molecule has 0 bridgehead atoms. The molecule has 0 saturated carbocycles. The zero-order valence-corrected chi connectivity index (χ0v) is 13.1. The van der Waals surface area contributed by atoms with Crippen molar-refractivity contribution in [1.29, 1.82) is 0 Å². The number of benzene rings is 2. The molecule has 0 aliphatic carbocycles. The van der Waals surface area contributed by atoms with Crippen molar-refractivity contribution in [2.24, 2.45) is 0 Å². The van der Waals surface area contributed by atoms with Gasteiger partial charge in [0.1, 0.15) is 17.7 Å². The van der Waals surface area contributed by atoms with E-state index in [-0.39, 0.29) is 5.88 Å². The summed E-state index contributed by atoms with van der Waals surface area (Å²) in [4.78, 5) is 8.34. The predicted octanol–water partition coefficient (Wildman–Crippen LogP) is 4.18. The molecule has 3 rings (SSSR count). The number of nitrogens with zero attached hydrogens (tertiary/aromatic N) is 2. The first-order valence-electron chi connectivity index (χ1n) is 6.86. The Balaban J connectivity index is 2.00. The normalized spacial score (nSPS) is 10.3. The number of hydrogen-bond acceptors (Lipinski definition) is 5. The number of para-hydroxylation sites is 2. The van der Waals surface area contributed by atoms with Gasteiger partial charge in [-0.2, -0.15) is 4.98 Å². The van der Waals surface area contributed by atoms with E-state index >= 15 is 0 Å². The molecule has 0 radical (unpaired) electrons.